The minimum atomic E-state index is -0.245. The second-order valence-corrected chi connectivity index (χ2v) is 7.41. The van der Waals surface area contributed by atoms with Gasteiger partial charge in [-0.3, -0.25) is 4.79 Å². The minimum absolute atomic E-state index is 0.101. The highest BCUT2D eigenvalue weighted by molar-refractivity contribution is 5.69. The lowest BCUT2D eigenvalue weighted by molar-refractivity contribution is -0.147. The number of carbonyl (C=O) groups excluding carboxylic acids is 1. The molecule has 3 atom stereocenters. The summed E-state index contributed by atoms with van der Waals surface area (Å²) in [6.45, 7) is 2.17. The Kier molecular flexibility index (Phi) is 9.47. The number of benzene rings is 1. The molecule has 2 unspecified atom stereocenters. The maximum atomic E-state index is 12.2. The van der Waals surface area contributed by atoms with Crippen molar-refractivity contribution < 1.29 is 14.6 Å². The topological polar surface area (TPSA) is 46.5 Å². The minimum Gasteiger partial charge on any atom is -0.458 e. The lowest BCUT2D eigenvalue weighted by atomic mass is 10.0. The lowest BCUT2D eigenvalue weighted by Gasteiger charge is -2.16. The molecule has 0 heterocycles. The summed E-state index contributed by atoms with van der Waals surface area (Å²) < 4.78 is 5.74. The van der Waals surface area contributed by atoms with Crippen molar-refractivity contribution in [3.8, 4) is 0 Å². The summed E-state index contributed by atoms with van der Waals surface area (Å²) in [6.07, 6.45) is 13.1. The Morgan fingerprint density at radius 1 is 1.23 bits per heavy atom. The summed E-state index contributed by atoms with van der Waals surface area (Å²) in [5.74, 6) is 0.105. The Morgan fingerprint density at radius 2 is 2.04 bits per heavy atom. The average Bonchev–Trinajstić information content (AvgIpc) is 3.07. The molecule has 1 aliphatic rings. The summed E-state index contributed by atoms with van der Waals surface area (Å²) >= 11 is 0. The van der Waals surface area contributed by atoms with Gasteiger partial charge >= 0.3 is 5.97 Å². The van der Waals surface area contributed by atoms with Gasteiger partial charge in [-0.2, -0.15) is 0 Å². The Bertz CT molecular complexity index is 538. The quantitative estimate of drug-likeness (QED) is 0.335. The average molecular weight is 359 g/mol. The van der Waals surface area contributed by atoms with Crippen LogP contribution in [0.1, 0.15) is 70.3 Å². The van der Waals surface area contributed by atoms with Crippen LogP contribution < -0.4 is 0 Å². The zero-order valence-corrected chi connectivity index (χ0v) is 16.1. The van der Waals surface area contributed by atoms with Gasteiger partial charge < -0.3 is 9.84 Å². The molecule has 3 heteroatoms. The summed E-state index contributed by atoms with van der Waals surface area (Å²) in [5, 5.41) is 10.00. The Hall–Kier alpha value is -1.61. The molecule has 1 aliphatic carbocycles. The molecule has 144 valence electrons. The monoisotopic (exact) mass is 358 g/mol. The molecule has 0 spiro atoms. The molecule has 0 aliphatic heterocycles. The molecule has 3 nitrogen and oxygen atoms in total. The van der Waals surface area contributed by atoms with E-state index in [-0.39, 0.29) is 24.1 Å². The first-order valence-corrected chi connectivity index (χ1v) is 10.3. The Labute approximate surface area is 158 Å². The van der Waals surface area contributed by atoms with Crippen LogP contribution in [0.3, 0.4) is 0 Å². The van der Waals surface area contributed by atoms with E-state index in [2.05, 4.69) is 25.1 Å². The van der Waals surface area contributed by atoms with Crippen molar-refractivity contribution in [3.63, 3.8) is 0 Å². The van der Waals surface area contributed by atoms with Crippen LogP contribution in [0.15, 0.2) is 42.5 Å². The number of ether oxygens (including phenoxy) is 1. The fourth-order valence-corrected chi connectivity index (χ4v) is 3.53. The molecule has 1 saturated carbocycles. The summed E-state index contributed by atoms with van der Waals surface area (Å²) in [7, 11) is 0. The van der Waals surface area contributed by atoms with Crippen LogP contribution in [0.4, 0.5) is 0 Å². The van der Waals surface area contributed by atoms with Crippen molar-refractivity contribution in [1.29, 1.82) is 0 Å². The van der Waals surface area contributed by atoms with Crippen LogP contribution in [-0.2, 0) is 16.0 Å². The number of hydrogen-bond donors (Lipinski definition) is 1. The highest BCUT2D eigenvalue weighted by atomic mass is 16.5. The predicted molar refractivity (Wildman–Crippen MR) is 106 cm³/mol. The molecule has 1 fully saturated rings. The van der Waals surface area contributed by atoms with E-state index in [9.17, 15) is 9.90 Å². The van der Waals surface area contributed by atoms with Gasteiger partial charge in [0.2, 0.25) is 0 Å². The fraction of sp³-hybridized carbons (Fsp3) is 0.609. The van der Waals surface area contributed by atoms with Crippen LogP contribution in [0.2, 0.25) is 0 Å². The zero-order chi connectivity index (χ0) is 18.6. The normalized spacial score (nSPS) is 21.2. The number of carbonyl (C=O) groups is 1. The fourth-order valence-electron chi connectivity index (χ4n) is 3.53. The van der Waals surface area contributed by atoms with Gasteiger partial charge in [0.25, 0.3) is 0 Å². The van der Waals surface area contributed by atoms with E-state index in [1.165, 1.54) is 18.4 Å². The van der Waals surface area contributed by atoms with E-state index in [1.54, 1.807) is 0 Å². The van der Waals surface area contributed by atoms with Crippen molar-refractivity contribution in [1.82, 2.24) is 0 Å². The van der Waals surface area contributed by atoms with Crippen molar-refractivity contribution in [3.05, 3.63) is 48.0 Å². The molecular formula is C23H34O3. The number of esters is 1. The number of aliphatic hydroxyl groups is 1. The van der Waals surface area contributed by atoms with Crippen molar-refractivity contribution >= 4 is 5.97 Å². The van der Waals surface area contributed by atoms with Gasteiger partial charge in [-0.05, 0) is 43.7 Å². The number of hydrogen-bond acceptors (Lipinski definition) is 3. The van der Waals surface area contributed by atoms with Gasteiger partial charge in [0, 0.05) is 12.3 Å². The predicted octanol–water partition coefficient (Wildman–Crippen LogP) is 5.22. The van der Waals surface area contributed by atoms with Crippen molar-refractivity contribution in [2.75, 3.05) is 0 Å². The third-order valence-corrected chi connectivity index (χ3v) is 5.18. The molecular weight excluding hydrogens is 324 g/mol. The second kappa shape index (κ2) is 11.9. The second-order valence-electron chi connectivity index (χ2n) is 7.41. The number of aryl methyl sites for hydroxylation is 1. The van der Waals surface area contributed by atoms with E-state index in [1.807, 2.05) is 24.3 Å². The molecule has 1 aromatic carbocycles. The van der Waals surface area contributed by atoms with Crippen LogP contribution in [0.5, 0.6) is 0 Å². The summed E-state index contributed by atoms with van der Waals surface area (Å²) in [5.41, 5.74) is 1.26. The Morgan fingerprint density at radius 3 is 2.73 bits per heavy atom. The molecule has 1 aromatic rings. The standard InChI is InChI=1S/C23H34O3/c1-2-3-4-8-14-23(25)26-21(17-15-19-10-6-5-7-11-19)18-16-20-12-9-13-22(20)24/h5-7,10-11,16,18,20-22,24H,2-4,8-9,12-15,17H2,1H3/b18-16+/t20?,21?,22-/m1/s1. The maximum Gasteiger partial charge on any atom is 0.306 e. The smallest absolute Gasteiger partial charge is 0.306 e. The van der Waals surface area contributed by atoms with Gasteiger partial charge in [-0.25, -0.2) is 0 Å². The van der Waals surface area contributed by atoms with Gasteiger partial charge in [-0.1, -0.05) is 69.0 Å². The molecule has 0 amide bonds. The highest BCUT2D eigenvalue weighted by Crippen LogP contribution is 2.27. The van der Waals surface area contributed by atoms with Crippen molar-refractivity contribution in [2.24, 2.45) is 5.92 Å². The lowest BCUT2D eigenvalue weighted by Crippen LogP contribution is -2.18. The molecule has 0 saturated heterocycles. The SMILES string of the molecule is CCCCCCC(=O)OC(/C=C/C1CCC[C@H]1O)CCc1ccccc1. The molecule has 0 aromatic heterocycles. The summed E-state index contributed by atoms with van der Waals surface area (Å²) in [6, 6.07) is 10.3. The van der Waals surface area contributed by atoms with Crippen LogP contribution in [-0.4, -0.2) is 23.3 Å². The first-order chi connectivity index (χ1) is 12.7. The first-order valence-electron chi connectivity index (χ1n) is 10.3. The number of aliphatic hydroxyl groups excluding tert-OH is 1. The van der Waals surface area contributed by atoms with E-state index in [0.29, 0.717) is 6.42 Å². The zero-order valence-electron chi connectivity index (χ0n) is 16.1. The summed E-state index contributed by atoms with van der Waals surface area (Å²) in [4.78, 5) is 12.2. The van der Waals surface area contributed by atoms with E-state index >= 15 is 0 Å². The molecule has 0 bridgehead atoms. The number of rotatable bonds is 11. The number of unbranched alkanes of at least 4 members (excludes halogenated alkanes) is 3. The van der Waals surface area contributed by atoms with Gasteiger partial charge in [0.05, 0.1) is 6.10 Å². The molecule has 1 N–H and O–H groups in total. The van der Waals surface area contributed by atoms with Gasteiger partial charge in [-0.15, -0.1) is 0 Å². The van der Waals surface area contributed by atoms with Crippen LogP contribution in [0, 0.1) is 5.92 Å². The van der Waals surface area contributed by atoms with Crippen LogP contribution in [0.25, 0.3) is 0 Å². The molecule has 0 radical (unpaired) electrons. The first kappa shape index (κ1) is 20.7. The van der Waals surface area contributed by atoms with Gasteiger partial charge in [0.15, 0.2) is 0 Å². The highest BCUT2D eigenvalue weighted by Gasteiger charge is 2.23. The van der Waals surface area contributed by atoms with Crippen LogP contribution >= 0.6 is 0 Å². The third kappa shape index (κ3) is 7.74. The maximum absolute atomic E-state index is 12.2. The third-order valence-electron chi connectivity index (χ3n) is 5.18. The van der Waals surface area contributed by atoms with Crippen molar-refractivity contribution in [2.45, 2.75) is 83.3 Å². The molecule has 2 rings (SSSR count). The van der Waals surface area contributed by atoms with E-state index < -0.39 is 0 Å². The van der Waals surface area contributed by atoms with E-state index in [4.69, 9.17) is 4.74 Å². The molecule has 26 heavy (non-hydrogen) atoms. The van der Waals surface area contributed by atoms with Gasteiger partial charge in [0.1, 0.15) is 6.10 Å². The Balaban J connectivity index is 1.87. The largest absolute Gasteiger partial charge is 0.458 e. The van der Waals surface area contributed by atoms with E-state index in [0.717, 1.165) is 44.9 Å².